The lowest BCUT2D eigenvalue weighted by Crippen LogP contribution is -2.43. The zero-order valence-corrected chi connectivity index (χ0v) is 18.3. The highest BCUT2D eigenvalue weighted by atomic mass is 35.5. The molecule has 7 heteroatoms. The monoisotopic (exact) mass is 429 g/mol. The lowest BCUT2D eigenvalue weighted by molar-refractivity contribution is -0.149. The first-order valence-corrected chi connectivity index (χ1v) is 11.2. The highest BCUT2D eigenvalue weighted by Gasteiger charge is 2.37. The van der Waals surface area contributed by atoms with Crippen LogP contribution in [0.15, 0.2) is 24.3 Å². The minimum absolute atomic E-state index is 0.0111. The van der Waals surface area contributed by atoms with Crippen molar-refractivity contribution in [3.8, 4) is 5.69 Å². The van der Waals surface area contributed by atoms with Crippen molar-refractivity contribution in [3.05, 3.63) is 46.2 Å². The number of likely N-dealkylation sites (tertiary alicyclic amines) is 1. The predicted octanol–water partition coefficient (Wildman–Crippen LogP) is 4.38. The van der Waals surface area contributed by atoms with Crippen LogP contribution in [-0.4, -0.2) is 46.3 Å². The lowest BCUT2D eigenvalue weighted by atomic mass is 9.96. The molecule has 1 aromatic heterocycles. The number of rotatable bonds is 6. The summed E-state index contributed by atoms with van der Waals surface area (Å²) in [4.78, 5) is 27.7. The highest BCUT2D eigenvalue weighted by molar-refractivity contribution is 6.30. The number of ether oxygens (including phenoxy) is 1. The zero-order chi connectivity index (χ0) is 21.3. The molecule has 1 amide bonds. The van der Waals surface area contributed by atoms with Crippen LogP contribution in [0.1, 0.15) is 67.2 Å². The van der Waals surface area contributed by atoms with Gasteiger partial charge in [-0.25, -0.2) is 4.68 Å². The molecular formula is C23H28ClN3O3. The van der Waals surface area contributed by atoms with Crippen LogP contribution >= 0.6 is 11.6 Å². The number of carbonyl (C=O) groups excluding carboxylic acids is 2. The quantitative estimate of drug-likeness (QED) is 0.639. The molecule has 0 bridgehead atoms. The normalized spacial score (nSPS) is 19.0. The molecule has 1 aliphatic carbocycles. The molecule has 0 radical (unpaired) electrons. The SMILES string of the molecule is CCOC(=O)C1CCCN(C(=O)c2c(C3CC3)nn(-c3ccc(Cl)cc3)c2CC)C1. The Kier molecular flexibility index (Phi) is 6.14. The Morgan fingerprint density at radius 2 is 1.90 bits per heavy atom. The van der Waals surface area contributed by atoms with Gasteiger partial charge in [0.1, 0.15) is 0 Å². The molecule has 1 saturated heterocycles. The largest absolute Gasteiger partial charge is 0.466 e. The Hall–Kier alpha value is -2.34. The van der Waals surface area contributed by atoms with E-state index >= 15 is 0 Å². The van der Waals surface area contributed by atoms with E-state index in [2.05, 4.69) is 6.92 Å². The van der Waals surface area contributed by atoms with Gasteiger partial charge < -0.3 is 9.64 Å². The summed E-state index contributed by atoms with van der Waals surface area (Å²) in [6.07, 6.45) is 4.39. The summed E-state index contributed by atoms with van der Waals surface area (Å²) in [5, 5.41) is 5.54. The third-order valence-corrected chi connectivity index (χ3v) is 6.17. The van der Waals surface area contributed by atoms with E-state index in [1.165, 1.54) is 0 Å². The minimum atomic E-state index is -0.247. The van der Waals surface area contributed by atoms with Crippen molar-refractivity contribution >= 4 is 23.5 Å². The number of aromatic nitrogens is 2. The van der Waals surface area contributed by atoms with Gasteiger partial charge >= 0.3 is 5.97 Å². The molecule has 2 aliphatic rings. The number of amides is 1. The van der Waals surface area contributed by atoms with E-state index in [0.717, 1.165) is 48.3 Å². The Balaban J connectivity index is 1.68. The van der Waals surface area contributed by atoms with Crippen molar-refractivity contribution in [1.82, 2.24) is 14.7 Å². The summed E-state index contributed by atoms with van der Waals surface area (Å²) in [5.41, 5.74) is 3.44. The van der Waals surface area contributed by atoms with Crippen LogP contribution in [0.2, 0.25) is 5.02 Å². The molecule has 0 spiro atoms. The molecule has 2 heterocycles. The van der Waals surface area contributed by atoms with E-state index in [1.54, 1.807) is 0 Å². The first-order chi connectivity index (χ1) is 14.5. The summed E-state index contributed by atoms with van der Waals surface area (Å²) in [6, 6.07) is 7.53. The van der Waals surface area contributed by atoms with E-state index in [-0.39, 0.29) is 17.8 Å². The van der Waals surface area contributed by atoms with Crippen molar-refractivity contribution < 1.29 is 14.3 Å². The third-order valence-electron chi connectivity index (χ3n) is 5.92. The molecule has 6 nitrogen and oxygen atoms in total. The number of hydrogen-bond donors (Lipinski definition) is 0. The van der Waals surface area contributed by atoms with Crippen LogP contribution in [0.4, 0.5) is 0 Å². The smallest absolute Gasteiger partial charge is 0.310 e. The number of piperidine rings is 1. The third kappa shape index (κ3) is 4.10. The van der Waals surface area contributed by atoms with Gasteiger partial charge in [-0.1, -0.05) is 18.5 Å². The lowest BCUT2D eigenvalue weighted by Gasteiger charge is -2.31. The highest BCUT2D eigenvalue weighted by Crippen LogP contribution is 2.42. The van der Waals surface area contributed by atoms with Gasteiger partial charge in [0, 0.05) is 24.0 Å². The standard InChI is InChI=1S/C23H28ClN3O3/c1-3-19-20(22(28)26-13-5-6-16(14-26)23(29)30-4-2)21(15-7-8-15)25-27(19)18-11-9-17(24)10-12-18/h9-12,15-16H,3-8,13-14H2,1-2H3. The first-order valence-electron chi connectivity index (χ1n) is 10.9. The van der Waals surface area contributed by atoms with Crippen molar-refractivity contribution in [2.24, 2.45) is 5.92 Å². The second-order valence-electron chi connectivity index (χ2n) is 8.07. The molecule has 160 valence electrons. The molecule has 1 saturated carbocycles. The van der Waals surface area contributed by atoms with Crippen LogP contribution in [-0.2, 0) is 16.0 Å². The van der Waals surface area contributed by atoms with Gasteiger partial charge in [0.25, 0.3) is 5.91 Å². The fourth-order valence-electron chi connectivity index (χ4n) is 4.24. The van der Waals surface area contributed by atoms with Crippen LogP contribution in [0.3, 0.4) is 0 Å². The van der Waals surface area contributed by atoms with Crippen LogP contribution < -0.4 is 0 Å². The minimum Gasteiger partial charge on any atom is -0.466 e. The second kappa shape index (κ2) is 8.80. The van der Waals surface area contributed by atoms with Gasteiger partial charge in [-0.05, 0) is 63.3 Å². The van der Waals surface area contributed by atoms with E-state index in [1.807, 2.05) is 40.8 Å². The maximum absolute atomic E-state index is 13.7. The summed E-state index contributed by atoms with van der Waals surface area (Å²) in [7, 11) is 0. The zero-order valence-electron chi connectivity index (χ0n) is 17.6. The summed E-state index contributed by atoms with van der Waals surface area (Å²) < 4.78 is 7.09. The number of halogens is 1. The molecule has 30 heavy (non-hydrogen) atoms. The van der Waals surface area contributed by atoms with Crippen LogP contribution in [0.5, 0.6) is 0 Å². The van der Waals surface area contributed by atoms with Gasteiger partial charge in [-0.15, -0.1) is 0 Å². The maximum Gasteiger partial charge on any atom is 0.310 e. The predicted molar refractivity (Wildman–Crippen MR) is 115 cm³/mol. The fraction of sp³-hybridized carbons (Fsp3) is 0.522. The topological polar surface area (TPSA) is 64.4 Å². The van der Waals surface area contributed by atoms with Gasteiger partial charge in [-0.2, -0.15) is 5.10 Å². The van der Waals surface area contributed by atoms with E-state index in [0.29, 0.717) is 37.1 Å². The number of nitrogens with zero attached hydrogens (tertiary/aromatic N) is 3. The average molecular weight is 430 g/mol. The van der Waals surface area contributed by atoms with Gasteiger partial charge in [0.15, 0.2) is 0 Å². The second-order valence-corrected chi connectivity index (χ2v) is 8.50. The molecule has 2 aromatic rings. The number of benzene rings is 1. The summed E-state index contributed by atoms with van der Waals surface area (Å²) in [6.45, 7) is 5.30. The van der Waals surface area contributed by atoms with Crippen molar-refractivity contribution in [2.75, 3.05) is 19.7 Å². The van der Waals surface area contributed by atoms with Crippen LogP contribution in [0, 0.1) is 5.92 Å². The molecule has 0 N–H and O–H groups in total. The van der Waals surface area contributed by atoms with Gasteiger partial charge in [-0.3, -0.25) is 9.59 Å². The van der Waals surface area contributed by atoms with E-state index in [9.17, 15) is 9.59 Å². The Labute approximate surface area is 182 Å². The number of esters is 1. The summed E-state index contributed by atoms with van der Waals surface area (Å²) >= 11 is 6.06. The van der Waals surface area contributed by atoms with Crippen LogP contribution in [0.25, 0.3) is 5.69 Å². The Morgan fingerprint density at radius 3 is 2.53 bits per heavy atom. The molecule has 1 atom stereocenters. The van der Waals surface area contributed by atoms with Crippen molar-refractivity contribution in [3.63, 3.8) is 0 Å². The Morgan fingerprint density at radius 1 is 1.17 bits per heavy atom. The van der Waals surface area contributed by atoms with E-state index in [4.69, 9.17) is 21.4 Å². The molecule has 2 fully saturated rings. The van der Waals surface area contributed by atoms with Crippen molar-refractivity contribution in [2.45, 2.75) is 51.9 Å². The average Bonchev–Trinajstić information content (AvgIpc) is 3.54. The molecule has 1 unspecified atom stereocenters. The molecule has 1 aromatic carbocycles. The fourth-order valence-corrected chi connectivity index (χ4v) is 4.37. The number of carbonyl (C=O) groups is 2. The molecule has 4 rings (SSSR count). The van der Waals surface area contributed by atoms with Crippen molar-refractivity contribution in [1.29, 1.82) is 0 Å². The first kappa shape index (κ1) is 20.9. The maximum atomic E-state index is 13.7. The molecule has 1 aliphatic heterocycles. The van der Waals surface area contributed by atoms with E-state index < -0.39 is 0 Å². The summed E-state index contributed by atoms with van der Waals surface area (Å²) in [5.74, 6) is -0.121. The van der Waals surface area contributed by atoms with Gasteiger partial charge in [0.05, 0.1) is 35.2 Å². The Bertz CT molecular complexity index is 934. The molecular weight excluding hydrogens is 402 g/mol. The number of hydrogen-bond acceptors (Lipinski definition) is 4. The van der Waals surface area contributed by atoms with Gasteiger partial charge in [0.2, 0.25) is 0 Å².